The van der Waals surface area contributed by atoms with Gasteiger partial charge in [0.05, 0.1) is 11.1 Å². The molecule has 166 valence electrons. The lowest BCUT2D eigenvalue weighted by Crippen LogP contribution is -2.04. The van der Waals surface area contributed by atoms with Crippen LogP contribution in [0.2, 0.25) is 0 Å². The van der Waals surface area contributed by atoms with E-state index >= 15 is 0 Å². The van der Waals surface area contributed by atoms with Crippen LogP contribution in [0.25, 0.3) is 20.3 Å². The number of aromatic nitrogens is 2. The molecule has 0 saturated heterocycles. The van der Waals surface area contributed by atoms with Crippen LogP contribution in [0.4, 0.5) is 13.2 Å². The van der Waals surface area contributed by atoms with Gasteiger partial charge in [0.25, 0.3) is 0 Å². The average molecular weight is 483 g/mol. The molecule has 3 aromatic carbocycles. The lowest BCUT2D eigenvalue weighted by molar-refractivity contribution is -0.137. The van der Waals surface area contributed by atoms with Crippen LogP contribution in [0.1, 0.15) is 16.7 Å². The molecule has 5 aromatic rings. The molecular formula is C25H17F3N2OS2. The van der Waals surface area contributed by atoms with Crippen LogP contribution in [0.15, 0.2) is 78.0 Å². The van der Waals surface area contributed by atoms with E-state index in [0.717, 1.165) is 33.3 Å². The van der Waals surface area contributed by atoms with E-state index in [1.54, 1.807) is 0 Å². The number of fused-ring (bicyclic) bond motifs is 3. The van der Waals surface area contributed by atoms with E-state index in [9.17, 15) is 13.2 Å². The summed E-state index contributed by atoms with van der Waals surface area (Å²) in [5.41, 5.74) is 2.28. The van der Waals surface area contributed by atoms with Crippen LogP contribution in [0.3, 0.4) is 0 Å². The van der Waals surface area contributed by atoms with Gasteiger partial charge in [-0.2, -0.15) is 18.2 Å². The molecule has 3 nitrogen and oxygen atoms in total. The van der Waals surface area contributed by atoms with E-state index in [1.807, 2.05) is 31.2 Å². The summed E-state index contributed by atoms with van der Waals surface area (Å²) in [6, 6.07) is 20.9. The van der Waals surface area contributed by atoms with Crippen molar-refractivity contribution in [3.05, 3.63) is 89.5 Å². The molecule has 0 atom stereocenters. The first-order chi connectivity index (χ1) is 15.9. The number of aryl methyl sites for hydroxylation is 1. The summed E-state index contributed by atoms with van der Waals surface area (Å²) < 4.78 is 47.1. The molecule has 0 unspecified atom stereocenters. The molecule has 0 radical (unpaired) electrons. The predicted octanol–water partition coefficient (Wildman–Crippen LogP) is 8.26. The fourth-order valence-electron chi connectivity index (χ4n) is 3.36. The highest BCUT2D eigenvalue weighted by atomic mass is 32.2. The Morgan fingerprint density at radius 2 is 1.73 bits per heavy atom. The number of rotatable bonds is 5. The first-order valence-corrected chi connectivity index (χ1v) is 11.9. The third-order valence-corrected chi connectivity index (χ3v) is 7.10. The second kappa shape index (κ2) is 8.68. The van der Waals surface area contributed by atoms with Crippen LogP contribution in [0.5, 0.6) is 11.6 Å². The molecule has 2 aromatic heterocycles. The molecule has 0 amide bonds. The zero-order valence-electron chi connectivity index (χ0n) is 17.4. The van der Waals surface area contributed by atoms with Gasteiger partial charge in [0.2, 0.25) is 5.88 Å². The van der Waals surface area contributed by atoms with Crippen molar-refractivity contribution in [2.45, 2.75) is 24.0 Å². The maximum Gasteiger partial charge on any atom is 0.416 e. The highest BCUT2D eigenvalue weighted by Gasteiger charge is 2.30. The summed E-state index contributed by atoms with van der Waals surface area (Å²) in [5.74, 6) is 1.00. The van der Waals surface area contributed by atoms with Gasteiger partial charge in [0, 0.05) is 15.8 Å². The summed E-state index contributed by atoms with van der Waals surface area (Å²) >= 11 is 2.92. The number of ether oxygens (including phenoxy) is 1. The van der Waals surface area contributed by atoms with E-state index in [4.69, 9.17) is 9.72 Å². The molecule has 0 bridgehead atoms. The number of thioether (sulfide) groups is 1. The minimum absolute atomic E-state index is 0.0803. The molecule has 0 spiro atoms. The van der Waals surface area contributed by atoms with Gasteiger partial charge >= 0.3 is 6.18 Å². The maximum absolute atomic E-state index is 13.2. The molecular weight excluding hydrogens is 465 g/mol. The van der Waals surface area contributed by atoms with Crippen molar-refractivity contribution in [2.24, 2.45) is 0 Å². The zero-order valence-corrected chi connectivity index (χ0v) is 19.0. The number of hydrogen-bond donors (Lipinski definition) is 0. The molecule has 0 fully saturated rings. The lowest BCUT2D eigenvalue weighted by atomic mass is 10.2. The average Bonchev–Trinajstić information content (AvgIpc) is 3.17. The van der Waals surface area contributed by atoms with Crippen LogP contribution in [0, 0.1) is 6.92 Å². The van der Waals surface area contributed by atoms with E-state index in [1.165, 1.54) is 40.8 Å². The molecule has 0 N–H and O–H groups in total. The van der Waals surface area contributed by atoms with E-state index in [-0.39, 0.29) is 11.6 Å². The Labute approximate surface area is 196 Å². The van der Waals surface area contributed by atoms with E-state index in [0.29, 0.717) is 15.6 Å². The minimum atomic E-state index is -4.45. The Bertz CT molecular complexity index is 1450. The maximum atomic E-state index is 13.2. The number of hydrogen-bond acceptors (Lipinski definition) is 5. The van der Waals surface area contributed by atoms with Crippen LogP contribution in [-0.2, 0) is 11.9 Å². The molecule has 0 aliphatic carbocycles. The lowest BCUT2D eigenvalue weighted by Gasteiger charge is -2.11. The standard InChI is InChI=1S/C25H17F3N2OS2/c1-15-9-11-16(12-10-15)14-32-24-29-21-19-7-2-3-8-20(19)33-22(21)23(30-24)31-18-6-4-5-17(13-18)25(26,27)28/h2-13H,14H2,1H3. The zero-order chi connectivity index (χ0) is 23.0. The minimum Gasteiger partial charge on any atom is -0.437 e. The predicted molar refractivity (Wildman–Crippen MR) is 127 cm³/mol. The SMILES string of the molecule is Cc1ccc(CSc2nc(Oc3cccc(C(F)(F)F)c3)c3sc4ccccc4c3n2)cc1. The Kier molecular flexibility index (Phi) is 5.72. The quantitative estimate of drug-likeness (QED) is 0.187. The normalized spacial score (nSPS) is 11.9. The number of benzene rings is 3. The second-order valence-corrected chi connectivity index (χ2v) is 9.48. The summed E-state index contributed by atoms with van der Waals surface area (Å²) in [6.07, 6.45) is -4.45. The van der Waals surface area contributed by atoms with E-state index in [2.05, 4.69) is 29.2 Å². The van der Waals surface area contributed by atoms with Crippen LogP contribution in [-0.4, -0.2) is 9.97 Å². The summed E-state index contributed by atoms with van der Waals surface area (Å²) in [4.78, 5) is 9.33. The Balaban J connectivity index is 1.55. The molecule has 0 aliphatic rings. The summed E-state index contributed by atoms with van der Waals surface area (Å²) in [7, 11) is 0. The molecule has 2 heterocycles. The number of halogens is 3. The van der Waals surface area contributed by atoms with E-state index < -0.39 is 11.7 Å². The van der Waals surface area contributed by atoms with Gasteiger partial charge in [-0.1, -0.05) is 65.9 Å². The van der Waals surface area contributed by atoms with Gasteiger partial charge in [-0.15, -0.1) is 11.3 Å². The molecule has 8 heteroatoms. The number of alkyl halides is 3. The Morgan fingerprint density at radius 3 is 2.52 bits per heavy atom. The first kappa shape index (κ1) is 21.7. The van der Waals surface area contributed by atoms with Gasteiger partial charge in [0.1, 0.15) is 10.4 Å². The van der Waals surface area contributed by atoms with Crippen molar-refractivity contribution in [1.82, 2.24) is 9.97 Å². The molecule has 5 rings (SSSR count). The fourth-order valence-corrected chi connectivity index (χ4v) is 5.22. The van der Waals surface area contributed by atoms with Gasteiger partial charge < -0.3 is 4.74 Å². The first-order valence-electron chi connectivity index (χ1n) is 10.1. The van der Waals surface area contributed by atoms with Crippen molar-refractivity contribution >= 4 is 43.4 Å². The topological polar surface area (TPSA) is 35.0 Å². The number of nitrogens with zero attached hydrogens (tertiary/aromatic N) is 2. The molecule has 33 heavy (non-hydrogen) atoms. The van der Waals surface area contributed by atoms with Crippen LogP contribution >= 0.6 is 23.1 Å². The monoisotopic (exact) mass is 482 g/mol. The highest BCUT2D eigenvalue weighted by molar-refractivity contribution is 7.98. The Morgan fingerprint density at radius 1 is 0.939 bits per heavy atom. The third-order valence-electron chi connectivity index (χ3n) is 5.03. The van der Waals surface area contributed by atoms with Crippen molar-refractivity contribution in [2.75, 3.05) is 0 Å². The van der Waals surface area contributed by atoms with Crippen LogP contribution < -0.4 is 4.74 Å². The number of thiophene rings is 1. The fraction of sp³-hybridized carbons (Fsp3) is 0.120. The van der Waals surface area contributed by atoms with Crippen molar-refractivity contribution < 1.29 is 17.9 Å². The smallest absolute Gasteiger partial charge is 0.416 e. The van der Waals surface area contributed by atoms with Crippen molar-refractivity contribution in [3.63, 3.8) is 0 Å². The molecule has 0 saturated carbocycles. The highest BCUT2D eigenvalue weighted by Crippen LogP contribution is 2.41. The summed E-state index contributed by atoms with van der Waals surface area (Å²) in [6.45, 7) is 2.03. The van der Waals surface area contributed by atoms with Gasteiger partial charge in [0.15, 0.2) is 5.16 Å². The second-order valence-electron chi connectivity index (χ2n) is 7.49. The Hall–Kier alpha value is -3.10. The van der Waals surface area contributed by atoms with Crippen molar-refractivity contribution in [1.29, 1.82) is 0 Å². The molecule has 0 aliphatic heterocycles. The summed E-state index contributed by atoms with van der Waals surface area (Å²) in [5, 5.41) is 1.47. The largest absolute Gasteiger partial charge is 0.437 e. The van der Waals surface area contributed by atoms with Gasteiger partial charge in [-0.25, -0.2) is 4.98 Å². The third kappa shape index (κ3) is 4.67. The van der Waals surface area contributed by atoms with Crippen molar-refractivity contribution in [3.8, 4) is 11.6 Å². The van der Waals surface area contributed by atoms with Gasteiger partial charge in [-0.05, 0) is 36.8 Å². The van der Waals surface area contributed by atoms with Gasteiger partial charge in [-0.3, -0.25) is 0 Å².